The predicted molar refractivity (Wildman–Crippen MR) is 117 cm³/mol. The quantitative estimate of drug-likeness (QED) is 0.731. The fourth-order valence-electron chi connectivity index (χ4n) is 4.71. The molecule has 2 saturated heterocycles. The number of nitrogens with one attached hydrogen (secondary N) is 1. The highest BCUT2D eigenvalue weighted by atomic mass is 35.5. The molecule has 1 aromatic carbocycles. The predicted octanol–water partition coefficient (Wildman–Crippen LogP) is 2.86. The van der Waals surface area contributed by atoms with E-state index < -0.39 is 10.0 Å². The number of likely N-dealkylation sites (tertiary alicyclic amines) is 1. The van der Waals surface area contributed by atoms with Crippen LogP contribution in [0.15, 0.2) is 17.0 Å². The average Bonchev–Trinajstić information content (AvgIpc) is 2.78. The lowest BCUT2D eigenvalue weighted by Crippen LogP contribution is -2.49. The van der Waals surface area contributed by atoms with Crippen LogP contribution in [0.2, 0.25) is 5.02 Å². The number of rotatable bonds is 4. The third kappa shape index (κ3) is 4.40. The van der Waals surface area contributed by atoms with E-state index in [1.54, 1.807) is 0 Å². The second-order valence-corrected chi connectivity index (χ2v) is 10.7. The van der Waals surface area contributed by atoms with E-state index in [2.05, 4.69) is 12.2 Å². The summed E-state index contributed by atoms with van der Waals surface area (Å²) in [4.78, 5) is 26.5. The van der Waals surface area contributed by atoms with Crippen LogP contribution in [-0.4, -0.2) is 61.7 Å². The summed E-state index contributed by atoms with van der Waals surface area (Å²) in [6.45, 7) is 3.29. The summed E-state index contributed by atoms with van der Waals surface area (Å²) in [6.07, 6.45) is 5.20. The number of piperidine rings is 2. The van der Waals surface area contributed by atoms with Gasteiger partial charge in [-0.15, -0.1) is 0 Å². The van der Waals surface area contributed by atoms with Crippen molar-refractivity contribution in [3.05, 3.63) is 17.2 Å². The van der Waals surface area contributed by atoms with Gasteiger partial charge in [-0.2, -0.15) is 4.31 Å². The van der Waals surface area contributed by atoms with Crippen LogP contribution < -0.4 is 10.1 Å². The van der Waals surface area contributed by atoms with Gasteiger partial charge in [0, 0.05) is 37.7 Å². The van der Waals surface area contributed by atoms with E-state index in [4.69, 9.17) is 16.3 Å². The molecule has 8 nitrogen and oxygen atoms in total. The largest absolute Gasteiger partial charge is 0.482 e. The molecular weight excluding hydrogens is 442 g/mol. The van der Waals surface area contributed by atoms with Crippen molar-refractivity contribution in [1.82, 2.24) is 9.21 Å². The van der Waals surface area contributed by atoms with Gasteiger partial charge in [-0.25, -0.2) is 8.42 Å². The Labute approximate surface area is 187 Å². The molecule has 1 atom stereocenters. The minimum atomic E-state index is -3.85. The zero-order chi connectivity index (χ0) is 22.2. The SMILES string of the molecule is CCC1CCCCN1C(=O)C1CCN(S(=O)(=O)c2cc3c(cc2Cl)NC(=O)CO3)CC1. The summed E-state index contributed by atoms with van der Waals surface area (Å²) in [5.74, 6) is -0.0102. The first-order valence-corrected chi connectivity index (χ1v) is 12.7. The maximum Gasteiger partial charge on any atom is 0.262 e. The van der Waals surface area contributed by atoms with Gasteiger partial charge in [0.05, 0.1) is 10.7 Å². The van der Waals surface area contributed by atoms with Crippen LogP contribution in [0, 0.1) is 5.92 Å². The third-order valence-electron chi connectivity index (χ3n) is 6.47. The number of hydrogen-bond donors (Lipinski definition) is 1. The molecule has 4 rings (SSSR count). The van der Waals surface area contributed by atoms with Crippen LogP contribution in [0.4, 0.5) is 5.69 Å². The first-order chi connectivity index (χ1) is 14.8. The van der Waals surface area contributed by atoms with Crippen molar-refractivity contribution >= 4 is 39.1 Å². The number of hydrogen-bond acceptors (Lipinski definition) is 5. The average molecular weight is 470 g/mol. The van der Waals surface area contributed by atoms with Gasteiger partial charge in [-0.1, -0.05) is 18.5 Å². The smallest absolute Gasteiger partial charge is 0.262 e. The van der Waals surface area contributed by atoms with Crippen LogP contribution in [0.5, 0.6) is 5.75 Å². The monoisotopic (exact) mass is 469 g/mol. The van der Waals surface area contributed by atoms with Crippen LogP contribution in [0.25, 0.3) is 0 Å². The molecule has 0 saturated carbocycles. The van der Waals surface area contributed by atoms with Gasteiger partial charge in [0.25, 0.3) is 5.91 Å². The minimum Gasteiger partial charge on any atom is -0.482 e. The Hall–Kier alpha value is -1.84. The molecular formula is C21H28ClN3O5S. The molecule has 0 bridgehead atoms. The minimum absolute atomic E-state index is 0.0295. The van der Waals surface area contributed by atoms with Gasteiger partial charge in [0.2, 0.25) is 15.9 Å². The van der Waals surface area contributed by atoms with Gasteiger partial charge < -0.3 is 15.0 Å². The van der Waals surface area contributed by atoms with Gasteiger partial charge in [-0.3, -0.25) is 9.59 Å². The zero-order valence-electron chi connectivity index (χ0n) is 17.6. The molecule has 1 unspecified atom stereocenters. The molecule has 1 N–H and O–H groups in total. The number of carbonyl (C=O) groups excluding carboxylic acids is 2. The van der Waals surface area contributed by atoms with Crippen LogP contribution in [-0.2, 0) is 19.6 Å². The Kier molecular flexibility index (Phi) is 6.46. The lowest BCUT2D eigenvalue weighted by molar-refractivity contribution is -0.140. The molecule has 1 aromatic rings. The van der Waals surface area contributed by atoms with Crippen molar-refractivity contribution in [2.45, 2.75) is 56.4 Å². The van der Waals surface area contributed by atoms with Crippen molar-refractivity contribution in [2.24, 2.45) is 5.92 Å². The molecule has 10 heteroatoms. The fourth-order valence-corrected chi connectivity index (χ4v) is 6.70. The molecule has 0 aliphatic carbocycles. The number of ether oxygens (including phenoxy) is 1. The van der Waals surface area contributed by atoms with Gasteiger partial charge >= 0.3 is 0 Å². The van der Waals surface area contributed by atoms with E-state index in [9.17, 15) is 18.0 Å². The van der Waals surface area contributed by atoms with Gasteiger partial charge in [0.15, 0.2) is 6.61 Å². The van der Waals surface area contributed by atoms with E-state index in [1.165, 1.54) is 16.4 Å². The summed E-state index contributed by atoms with van der Waals surface area (Å²) in [7, 11) is -3.85. The Morgan fingerprint density at radius 3 is 2.65 bits per heavy atom. The summed E-state index contributed by atoms with van der Waals surface area (Å²) in [6, 6.07) is 3.07. The van der Waals surface area contributed by atoms with Crippen LogP contribution in [0.3, 0.4) is 0 Å². The number of halogens is 1. The Morgan fingerprint density at radius 2 is 1.94 bits per heavy atom. The standard InChI is InChI=1S/C21H28ClN3O5S/c1-2-15-5-3-4-8-25(15)21(27)14-6-9-24(10-7-14)31(28,29)19-12-18-17(11-16(19)22)23-20(26)13-30-18/h11-12,14-15H,2-10,13H2,1H3,(H,23,26). The highest BCUT2D eigenvalue weighted by Crippen LogP contribution is 2.38. The maximum absolute atomic E-state index is 13.2. The normalized spacial score (nSPS) is 23.1. The number of anilines is 1. The Morgan fingerprint density at radius 1 is 1.19 bits per heavy atom. The highest BCUT2D eigenvalue weighted by molar-refractivity contribution is 7.89. The summed E-state index contributed by atoms with van der Waals surface area (Å²) in [5.41, 5.74) is 0.358. The molecule has 3 aliphatic rings. The number of benzene rings is 1. The molecule has 2 fully saturated rings. The molecule has 170 valence electrons. The highest BCUT2D eigenvalue weighted by Gasteiger charge is 2.37. The van der Waals surface area contributed by atoms with Crippen LogP contribution in [0.1, 0.15) is 45.4 Å². The van der Waals surface area contributed by atoms with Crippen molar-refractivity contribution in [3.63, 3.8) is 0 Å². The number of amides is 2. The molecule has 31 heavy (non-hydrogen) atoms. The van der Waals surface area contributed by atoms with E-state index in [0.717, 1.165) is 32.2 Å². The molecule has 0 radical (unpaired) electrons. The van der Waals surface area contributed by atoms with Gasteiger partial charge in [-0.05, 0) is 44.6 Å². The first kappa shape index (κ1) is 22.4. The van der Waals surface area contributed by atoms with Crippen molar-refractivity contribution in [2.75, 3.05) is 31.6 Å². The molecule has 2 amide bonds. The number of sulfonamides is 1. The molecule has 0 aromatic heterocycles. The van der Waals surface area contributed by atoms with E-state index in [1.807, 2.05) is 4.90 Å². The second kappa shape index (κ2) is 8.96. The van der Waals surface area contributed by atoms with E-state index in [0.29, 0.717) is 24.6 Å². The third-order valence-corrected chi connectivity index (χ3v) is 8.83. The van der Waals surface area contributed by atoms with Crippen LogP contribution >= 0.6 is 11.6 Å². The van der Waals surface area contributed by atoms with Gasteiger partial charge in [0.1, 0.15) is 10.6 Å². The summed E-state index contributed by atoms with van der Waals surface area (Å²) < 4.78 is 33.2. The van der Waals surface area contributed by atoms with Crippen molar-refractivity contribution < 1.29 is 22.7 Å². The lowest BCUT2D eigenvalue weighted by atomic mass is 9.92. The fraction of sp³-hybridized carbons (Fsp3) is 0.619. The van der Waals surface area contributed by atoms with E-state index in [-0.39, 0.29) is 53.1 Å². The Balaban J connectivity index is 1.46. The maximum atomic E-state index is 13.2. The first-order valence-electron chi connectivity index (χ1n) is 10.9. The van der Waals surface area contributed by atoms with Crippen molar-refractivity contribution in [1.29, 1.82) is 0 Å². The van der Waals surface area contributed by atoms with Crippen molar-refractivity contribution in [3.8, 4) is 5.75 Å². The zero-order valence-corrected chi connectivity index (χ0v) is 19.2. The molecule has 3 heterocycles. The topological polar surface area (TPSA) is 96.0 Å². The van der Waals surface area contributed by atoms with E-state index >= 15 is 0 Å². The number of carbonyl (C=O) groups is 2. The number of fused-ring (bicyclic) bond motifs is 1. The number of nitrogens with zero attached hydrogens (tertiary/aromatic N) is 2. The summed E-state index contributed by atoms with van der Waals surface area (Å²) >= 11 is 6.25. The summed E-state index contributed by atoms with van der Waals surface area (Å²) in [5, 5.41) is 2.65. The molecule has 3 aliphatic heterocycles. The Bertz CT molecular complexity index is 975. The second-order valence-electron chi connectivity index (χ2n) is 8.38. The lowest BCUT2D eigenvalue weighted by Gasteiger charge is -2.39. The molecule has 0 spiro atoms.